The lowest BCUT2D eigenvalue weighted by Gasteiger charge is -2.06. The molecule has 2 aromatic carbocycles. The van der Waals surface area contributed by atoms with Gasteiger partial charge < -0.3 is 10.0 Å². The highest BCUT2D eigenvalue weighted by atomic mass is 79.9. The summed E-state index contributed by atoms with van der Waals surface area (Å²) >= 11 is 3.36. The quantitative estimate of drug-likeness (QED) is 0.822. The molecule has 0 unspecified atom stereocenters. The van der Waals surface area contributed by atoms with Gasteiger partial charge in [0.05, 0.1) is 0 Å². The topological polar surface area (TPSA) is 40.5 Å². The summed E-state index contributed by atoms with van der Waals surface area (Å²) in [7, 11) is -1.44. The third-order valence-corrected chi connectivity index (χ3v) is 2.78. The Morgan fingerprint density at radius 3 is 2.19 bits per heavy atom. The van der Waals surface area contributed by atoms with E-state index in [1.807, 2.05) is 36.4 Å². The van der Waals surface area contributed by atoms with Crippen LogP contribution in [0.5, 0.6) is 0 Å². The summed E-state index contributed by atoms with van der Waals surface area (Å²) in [5.41, 5.74) is 2.48. The van der Waals surface area contributed by atoms with Crippen LogP contribution in [0.15, 0.2) is 53.0 Å². The molecule has 0 atom stereocenters. The van der Waals surface area contributed by atoms with Crippen LogP contribution in [-0.2, 0) is 0 Å². The van der Waals surface area contributed by atoms with Crippen molar-refractivity contribution in [3.05, 3.63) is 53.0 Å². The van der Waals surface area contributed by atoms with E-state index in [0.29, 0.717) is 5.46 Å². The van der Waals surface area contributed by atoms with E-state index in [1.54, 1.807) is 12.1 Å². The van der Waals surface area contributed by atoms with Crippen molar-refractivity contribution < 1.29 is 10.0 Å². The van der Waals surface area contributed by atoms with Crippen molar-refractivity contribution in [3.8, 4) is 11.1 Å². The molecule has 0 fully saturated rings. The van der Waals surface area contributed by atoms with Gasteiger partial charge in [-0.1, -0.05) is 52.3 Å². The van der Waals surface area contributed by atoms with Gasteiger partial charge in [0.1, 0.15) is 0 Å². The standard InChI is InChI=1S/C12H10BBrO2/c14-12-7-10(6-11(8-12)13(15)16)9-4-2-1-3-5-9/h1-8,15-16H. The van der Waals surface area contributed by atoms with Crippen molar-refractivity contribution in [2.24, 2.45) is 0 Å². The Kier molecular flexibility index (Phi) is 3.44. The van der Waals surface area contributed by atoms with Gasteiger partial charge in [0.2, 0.25) is 0 Å². The highest BCUT2D eigenvalue weighted by Crippen LogP contribution is 2.21. The normalized spacial score (nSPS) is 10.2. The molecule has 0 amide bonds. The molecule has 0 heterocycles. The molecule has 80 valence electrons. The minimum Gasteiger partial charge on any atom is -0.423 e. The molecule has 0 radical (unpaired) electrons. The van der Waals surface area contributed by atoms with E-state index in [9.17, 15) is 0 Å². The van der Waals surface area contributed by atoms with E-state index >= 15 is 0 Å². The second-order valence-electron chi connectivity index (χ2n) is 3.51. The first-order valence-electron chi connectivity index (χ1n) is 4.89. The molecule has 0 aliphatic rings. The summed E-state index contributed by atoms with van der Waals surface area (Å²) in [5.74, 6) is 0. The molecule has 0 bridgehead atoms. The Bertz CT molecular complexity index is 486. The van der Waals surface area contributed by atoms with Gasteiger partial charge in [-0.05, 0) is 28.7 Å². The van der Waals surface area contributed by atoms with Gasteiger partial charge in [-0.15, -0.1) is 0 Å². The summed E-state index contributed by atoms with van der Waals surface area (Å²) in [6.07, 6.45) is 0. The second-order valence-corrected chi connectivity index (χ2v) is 4.43. The van der Waals surface area contributed by atoms with Crippen LogP contribution in [0.4, 0.5) is 0 Å². The molecule has 0 aromatic heterocycles. The van der Waals surface area contributed by atoms with Crippen molar-refractivity contribution in [2.45, 2.75) is 0 Å². The minimum absolute atomic E-state index is 0.480. The van der Waals surface area contributed by atoms with Crippen molar-refractivity contribution in [3.63, 3.8) is 0 Å². The molecular formula is C12H10BBrO2. The molecule has 0 saturated heterocycles. The third-order valence-electron chi connectivity index (χ3n) is 2.33. The summed E-state index contributed by atoms with van der Waals surface area (Å²) < 4.78 is 0.831. The lowest BCUT2D eigenvalue weighted by Crippen LogP contribution is -2.29. The summed E-state index contributed by atoms with van der Waals surface area (Å²) in [6, 6.07) is 15.2. The highest BCUT2D eigenvalue weighted by molar-refractivity contribution is 9.10. The zero-order valence-electron chi connectivity index (χ0n) is 8.47. The molecule has 0 aliphatic heterocycles. The van der Waals surface area contributed by atoms with E-state index in [0.717, 1.165) is 15.6 Å². The molecule has 0 aliphatic carbocycles. The van der Waals surface area contributed by atoms with Gasteiger partial charge in [0.25, 0.3) is 0 Å². The van der Waals surface area contributed by atoms with Crippen molar-refractivity contribution in [1.29, 1.82) is 0 Å². The van der Waals surface area contributed by atoms with Crippen LogP contribution in [0.1, 0.15) is 0 Å². The maximum Gasteiger partial charge on any atom is 0.488 e. The van der Waals surface area contributed by atoms with Crippen molar-refractivity contribution in [1.82, 2.24) is 0 Å². The predicted octanol–water partition coefficient (Wildman–Crippen LogP) is 1.80. The van der Waals surface area contributed by atoms with Gasteiger partial charge in [-0.25, -0.2) is 0 Å². The molecule has 16 heavy (non-hydrogen) atoms. The minimum atomic E-state index is -1.44. The maximum absolute atomic E-state index is 9.15. The highest BCUT2D eigenvalue weighted by Gasteiger charge is 2.12. The van der Waals surface area contributed by atoms with Crippen LogP contribution in [0.3, 0.4) is 0 Å². The third kappa shape index (κ3) is 2.53. The Labute approximate surface area is 103 Å². The zero-order valence-corrected chi connectivity index (χ0v) is 10.1. The lowest BCUT2D eigenvalue weighted by molar-refractivity contribution is 0.426. The van der Waals surface area contributed by atoms with Crippen molar-refractivity contribution in [2.75, 3.05) is 0 Å². The van der Waals surface area contributed by atoms with Gasteiger partial charge in [0.15, 0.2) is 0 Å². The SMILES string of the molecule is OB(O)c1cc(Br)cc(-c2ccccc2)c1. The van der Waals surface area contributed by atoms with Crippen LogP contribution < -0.4 is 5.46 Å². The first-order valence-corrected chi connectivity index (χ1v) is 5.68. The van der Waals surface area contributed by atoms with E-state index in [2.05, 4.69) is 15.9 Å². The largest absolute Gasteiger partial charge is 0.488 e. The summed E-state index contributed by atoms with van der Waals surface area (Å²) in [4.78, 5) is 0. The smallest absolute Gasteiger partial charge is 0.423 e. The molecule has 2 nitrogen and oxygen atoms in total. The molecule has 2 aromatic rings. The summed E-state index contributed by atoms with van der Waals surface area (Å²) in [6.45, 7) is 0. The monoisotopic (exact) mass is 276 g/mol. The Balaban J connectivity index is 2.50. The van der Waals surface area contributed by atoms with Gasteiger partial charge in [-0.3, -0.25) is 0 Å². The van der Waals surface area contributed by atoms with E-state index in [4.69, 9.17) is 10.0 Å². The second kappa shape index (κ2) is 4.83. The van der Waals surface area contributed by atoms with Crippen LogP contribution in [0.2, 0.25) is 0 Å². The summed E-state index contributed by atoms with van der Waals surface area (Å²) in [5, 5.41) is 18.3. The molecule has 2 rings (SSSR count). The fraction of sp³-hybridized carbons (Fsp3) is 0. The molecule has 4 heteroatoms. The van der Waals surface area contributed by atoms with Crippen molar-refractivity contribution >= 4 is 28.5 Å². The Morgan fingerprint density at radius 1 is 0.875 bits per heavy atom. The molecule has 2 N–H and O–H groups in total. The maximum atomic E-state index is 9.15. The van der Waals surface area contributed by atoms with Gasteiger partial charge >= 0.3 is 7.12 Å². The van der Waals surface area contributed by atoms with E-state index in [-0.39, 0.29) is 0 Å². The number of benzene rings is 2. The van der Waals surface area contributed by atoms with Gasteiger partial charge in [0, 0.05) is 4.47 Å². The van der Waals surface area contributed by atoms with Crippen LogP contribution in [0, 0.1) is 0 Å². The first kappa shape index (κ1) is 11.4. The van der Waals surface area contributed by atoms with Crippen LogP contribution >= 0.6 is 15.9 Å². The zero-order chi connectivity index (χ0) is 11.5. The Morgan fingerprint density at radius 2 is 1.56 bits per heavy atom. The first-order chi connectivity index (χ1) is 7.66. The fourth-order valence-corrected chi connectivity index (χ4v) is 2.07. The average Bonchev–Trinajstić information content (AvgIpc) is 2.29. The van der Waals surface area contributed by atoms with E-state index < -0.39 is 7.12 Å². The predicted molar refractivity (Wildman–Crippen MR) is 69.4 cm³/mol. The van der Waals surface area contributed by atoms with Crippen LogP contribution in [0.25, 0.3) is 11.1 Å². The van der Waals surface area contributed by atoms with Gasteiger partial charge in [-0.2, -0.15) is 0 Å². The number of hydrogen-bond acceptors (Lipinski definition) is 2. The molecule has 0 saturated carbocycles. The average molecular weight is 277 g/mol. The number of halogens is 1. The number of hydrogen-bond donors (Lipinski definition) is 2. The van der Waals surface area contributed by atoms with E-state index in [1.165, 1.54) is 0 Å². The van der Waals surface area contributed by atoms with Crippen LogP contribution in [-0.4, -0.2) is 17.2 Å². The molecule has 0 spiro atoms. The molecular weight excluding hydrogens is 267 g/mol. The Hall–Kier alpha value is -1.10. The number of rotatable bonds is 2. The fourth-order valence-electron chi connectivity index (χ4n) is 1.56. The lowest BCUT2D eigenvalue weighted by atomic mass is 9.79.